The van der Waals surface area contributed by atoms with E-state index in [2.05, 4.69) is 136 Å². The Morgan fingerprint density at radius 1 is 0.298 bits per heavy atom. The van der Waals surface area contributed by atoms with E-state index in [-0.39, 0.29) is 11.1 Å². The number of thiophene rings is 2. The molecule has 4 nitrogen and oxygen atoms in total. The van der Waals surface area contributed by atoms with Crippen molar-refractivity contribution in [2.75, 3.05) is 0 Å². The van der Waals surface area contributed by atoms with Crippen LogP contribution in [0.5, 0.6) is 0 Å². The Morgan fingerprint density at radius 3 is 0.895 bits per heavy atom. The minimum atomic E-state index is -0.935. The van der Waals surface area contributed by atoms with Gasteiger partial charge in [-0.25, -0.2) is 0 Å². The molecule has 4 atom stereocenters. The van der Waals surface area contributed by atoms with Crippen molar-refractivity contribution in [3.63, 3.8) is 0 Å². The zero-order valence-electron chi connectivity index (χ0n) is 75.8. The average Bonchev–Trinajstić information content (AvgIpc) is 1.46. The van der Waals surface area contributed by atoms with Gasteiger partial charge in [0.05, 0.1) is 0 Å². The third kappa shape index (κ3) is 37.8. The van der Waals surface area contributed by atoms with Crippen LogP contribution in [0.4, 0.5) is 0 Å². The number of hydrogen-bond donors (Lipinski definition) is 0. The number of unbranched alkanes of at least 4 members (excludes halogenated alkanes) is 52. The number of aryl methyl sites for hydroxylation is 4. The van der Waals surface area contributed by atoms with Gasteiger partial charge in [-0.05, 0) is 0 Å². The van der Waals surface area contributed by atoms with Gasteiger partial charge >= 0.3 is 465 Å². The number of pyridine rings is 2. The molecule has 8 heteroatoms. The van der Waals surface area contributed by atoms with Crippen molar-refractivity contribution in [3.05, 3.63) is 98.6 Å². The summed E-state index contributed by atoms with van der Waals surface area (Å²) in [5.41, 5.74) is 7.46. The molecule has 0 aliphatic heterocycles. The topological polar surface area (TPSA) is 44.0 Å². The number of fused-ring (bicyclic) bond motifs is 3. The molecule has 0 amide bonds. The van der Waals surface area contributed by atoms with Gasteiger partial charge in [0.15, 0.2) is 0 Å². The van der Waals surface area contributed by atoms with Crippen molar-refractivity contribution in [2.45, 2.75) is 517 Å². The van der Waals surface area contributed by atoms with Crippen molar-refractivity contribution in [3.8, 4) is 26.7 Å². The number of rotatable bonds is 75. The Bertz CT molecular complexity index is 3410. The molecule has 4 unspecified atom stereocenters. The molecular formula is C106H176N2O2S2Te2. The van der Waals surface area contributed by atoms with Crippen LogP contribution in [0, 0.1) is 25.7 Å². The minimum Gasteiger partial charge on any atom is -0.0654 e. The molecule has 1 aliphatic rings. The molecular weight excluding hydrogens is 1650 g/mol. The zero-order chi connectivity index (χ0) is 80.7. The van der Waals surface area contributed by atoms with Gasteiger partial charge in [-0.2, -0.15) is 0 Å². The van der Waals surface area contributed by atoms with Crippen molar-refractivity contribution in [2.24, 2.45) is 11.8 Å². The second-order valence-electron chi connectivity index (χ2n) is 36.7. The summed E-state index contributed by atoms with van der Waals surface area (Å²) >= 11 is 2.68. The molecule has 0 aromatic carbocycles. The van der Waals surface area contributed by atoms with Crippen molar-refractivity contribution in [1.82, 2.24) is 9.13 Å². The molecule has 646 valence electrons. The van der Waals surface area contributed by atoms with E-state index in [0.29, 0.717) is 18.4 Å². The summed E-state index contributed by atoms with van der Waals surface area (Å²) in [6.45, 7) is 20.1. The number of nitrogens with zero attached hydrogens (tertiary/aromatic N) is 2. The van der Waals surface area contributed by atoms with Gasteiger partial charge in [-0.15, -0.1) is 0 Å². The maximum absolute atomic E-state index is 16.2. The second kappa shape index (κ2) is 63.1. The van der Waals surface area contributed by atoms with Gasteiger partial charge in [-0.3, -0.25) is 0 Å². The maximum atomic E-state index is 16.2. The molecule has 6 aromatic rings. The van der Waals surface area contributed by atoms with Crippen molar-refractivity contribution in [1.29, 1.82) is 0 Å². The van der Waals surface area contributed by atoms with E-state index in [0.717, 1.165) is 66.2 Å². The molecule has 7 rings (SSSR count). The molecule has 0 saturated carbocycles. The molecule has 114 heavy (non-hydrogen) atoms. The van der Waals surface area contributed by atoms with Gasteiger partial charge < -0.3 is 0 Å². The second-order valence-corrected chi connectivity index (χ2v) is 45.9. The summed E-state index contributed by atoms with van der Waals surface area (Å²) in [7, 11) is 0. The molecule has 6 aromatic heterocycles. The summed E-state index contributed by atoms with van der Waals surface area (Å²) in [5, 5.41) is 0. The summed E-state index contributed by atoms with van der Waals surface area (Å²) in [5.74, 6) is 2.50. The first kappa shape index (κ1) is 99.2. The zero-order valence-corrected chi connectivity index (χ0v) is 82.1. The van der Waals surface area contributed by atoms with Crippen LogP contribution in [0.15, 0.2) is 58.1 Å². The first-order valence-corrected chi connectivity index (χ1v) is 56.7. The minimum absolute atomic E-state index is 0.179. The first-order chi connectivity index (χ1) is 56.1. The summed E-state index contributed by atoms with van der Waals surface area (Å²) in [6, 6.07) is 19.3. The normalized spacial score (nSPS) is 14.1. The molecule has 0 bridgehead atoms. The number of hydrogen-bond acceptors (Lipinski definition) is 4. The Balaban J connectivity index is 1.20. The third-order valence-corrected chi connectivity index (χ3v) is 35.7. The molecule has 0 spiro atoms. The van der Waals surface area contributed by atoms with Crippen LogP contribution >= 0.6 is 22.7 Å². The van der Waals surface area contributed by atoms with E-state index in [9.17, 15) is 0 Å². The van der Waals surface area contributed by atoms with Crippen molar-refractivity contribution >= 4 is 74.6 Å². The molecule has 0 N–H and O–H groups in total. The van der Waals surface area contributed by atoms with Crippen molar-refractivity contribution < 1.29 is 0 Å². The molecule has 1 aliphatic carbocycles. The molecule has 6 heterocycles. The van der Waals surface area contributed by atoms with Gasteiger partial charge in [-0.1, -0.05) is 273 Å². The molecule has 0 fully saturated rings. The Morgan fingerprint density at radius 2 is 0.570 bits per heavy atom. The van der Waals surface area contributed by atoms with E-state index in [1.807, 2.05) is 0 Å². The van der Waals surface area contributed by atoms with Gasteiger partial charge in [0.2, 0.25) is 0 Å². The van der Waals surface area contributed by atoms with Crippen LogP contribution in [-0.2, 0) is 13.1 Å². The standard InChI is InChI=1S/C106H176N2O2S2Te2/c1-9-15-21-27-33-39-43-49-55-61-71-89(69-59-53-47-37-31-25-19-13-5)73-65-67-81-107-98-85-96(106(110)108(97(98)84-95(105(107)109)100-78-77-88(8)113-100)82-68-66-74-90(70-60-54-48-38-32-26-20-14-6)72-62-56-50-44-40-34-28-22-16-10-2)101-79-80-102(114-101)99-86-94-92(76-64-58-52-46-42-36-30-24-18-12-4)103-93(83-87(7)111-103)91(104(94)112-99)75-63-57-51-45-41-35-29-23-17-11-3/h77-80,83-86,89-92H,9-76,81-82H2,1-8H3. The fourth-order valence-electron chi connectivity index (χ4n) is 19.4. The van der Waals surface area contributed by atoms with Crippen LogP contribution in [0.2, 0.25) is 0 Å². The Labute approximate surface area is 731 Å². The van der Waals surface area contributed by atoms with Crippen LogP contribution in [0.25, 0.3) is 37.8 Å². The van der Waals surface area contributed by atoms with E-state index in [4.69, 9.17) is 0 Å². The Kier molecular flexibility index (Phi) is 54.9. The summed E-state index contributed by atoms with van der Waals surface area (Å²) in [4.78, 5) is 38.3. The van der Waals surface area contributed by atoms with Gasteiger partial charge in [0.25, 0.3) is 0 Å². The van der Waals surface area contributed by atoms with E-state index in [1.54, 1.807) is 20.9 Å². The van der Waals surface area contributed by atoms with Crippen LogP contribution in [0.1, 0.15) is 519 Å². The summed E-state index contributed by atoms with van der Waals surface area (Å²) < 4.78 is 9.94. The van der Waals surface area contributed by atoms with Crippen LogP contribution in [-0.4, -0.2) is 50.0 Å². The predicted molar refractivity (Wildman–Crippen MR) is 513 cm³/mol. The SMILES string of the molecule is CCCCCCCCCCCCC(CCCCCCCCCC)CCCCn1c(=O)c(-c2ccc(C)[te]2)cc2c1cc(-c1ccc(-c3cc4c(s3)C(CCCCCCCCCCCC)c3cc(C)sc3C4CCCCCCCCCCCC)[te]1)c(=O)n2CCCCC(CCCCCCCCCC)CCCCCCCCCCCC. The van der Waals surface area contributed by atoms with Crippen LogP contribution < -0.4 is 11.1 Å². The van der Waals surface area contributed by atoms with Crippen LogP contribution in [0.3, 0.4) is 0 Å². The van der Waals surface area contributed by atoms with Gasteiger partial charge in [0.1, 0.15) is 0 Å². The Hall–Kier alpha value is -1.90. The van der Waals surface area contributed by atoms with E-state index >= 15 is 9.59 Å². The first-order valence-electron chi connectivity index (χ1n) is 50.4. The smallest absolute Gasteiger partial charge is 0.0654 e. The molecule has 0 radical (unpaired) electrons. The number of aromatic nitrogens is 2. The monoisotopic (exact) mass is 1830 g/mol. The fraction of sp³-hybridized carbons (Fsp3) is 0.774. The fourth-order valence-corrected chi connectivity index (χ4v) is 27.7. The van der Waals surface area contributed by atoms with Gasteiger partial charge in [0, 0.05) is 0 Å². The average molecular weight is 1830 g/mol. The molecule has 0 saturated heterocycles. The predicted octanol–water partition coefficient (Wildman–Crippen LogP) is 35.5. The van der Waals surface area contributed by atoms with E-state index in [1.165, 1.54) is 435 Å². The summed E-state index contributed by atoms with van der Waals surface area (Å²) in [6.07, 6.45) is 92.4. The van der Waals surface area contributed by atoms with E-state index < -0.39 is 40.9 Å². The quantitative estimate of drug-likeness (QED) is 0.0282. The third-order valence-electron chi connectivity index (χ3n) is 26.6.